The molecule has 0 N–H and O–H groups in total. The molecule has 4 aromatic rings. The van der Waals surface area contributed by atoms with Crippen molar-refractivity contribution < 1.29 is 9.18 Å². The lowest BCUT2D eigenvalue weighted by Gasteiger charge is -2.19. The van der Waals surface area contributed by atoms with Crippen molar-refractivity contribution in [3.05, 3.63) is 83.4 Å². The quantitative estimate of drug-likeness (QED) is 0.353. The summed E-state index contributed by atoms with van der Waals surface area (Å²) in [6.45, 7) is 0.343. The number of rotatable bonds is 6. The molecule has 1 amide bonds. The van der Waals surface area contributed by atoms with E-state index in [9.17, 15) is 9.18 Å². The van der Waals surface area contributed by atoms with E-state index in [1.165, 1.54) is 35.2 Å². The van der Waals surface area contributed by atoms with Crippen molar-refractivity contribution in [3.63, 3.8) is 0 Å². The number of carbonyl (C=O) groups excluding carboxylic acids is 1. The van der Waals surface area contributed by atoms with Crippen LogP contribution in [0.5, 0.6) is 0 Å². The predicted molar refractivity (Wildman–Crippen MR) is 117 cm³/mol. The summed E-state index contributed by atoms with van der Waals surface area (Å²) in [6, 6.07) is 15.5. The SMILES string of the molecule is O=C(CSc1ccc(Cl)cc1)N(Cc1cccnc1)c1nc2ccc(F)cc2s1. The van der Waals surface area contributed by atoms with Gasteiger partial charge < -0.3 is 0 Å². The number of carbonyl (C=O) groups is 1. The Labute approximate surface area is 180 Å². The van der Waals surface area contributed by atoms with Crippen molar-refractivity contribution in [2.45, 2.75) is 11.4 Å². The van der Waals surface area contributed by atoms with Gasteiger partial charge in [0.2, 0.25) is 5.91 Å². The van der Waals surface area contributed by atoms with Crippen LogP contribution in [0.15, 0.2) is 71.9 Å². The summed E-state index contributed by atoms with van der Waals surface area (Å²) < 4.78 is 14.3. The summed E-state index contributed by atoms with van der Waals surface area (Å²) in [7, 11) is 0. The van der Waals surface area contributed by atoms with Crippen LogP contribution in [0.1, 0.15) is 5.56 Å². The molecular formula is C21H15ClFN3OS2. The minimum atomic E-state index is -0.323. The molecule has 2 heterocycles. The zero-order valence-electron chi connectivity index (χ0n) is 15.1. The van der Waals surface area contributed by atoms with Gasteiger partial charge in [0.05, 0.1) is 22.5 Å². The van der Waals surface area contributed by atoms with Gasteiger partial charge in [-0.25, -0.2) is 9.37 Å². The van der Waals surface area contributed by atoms with E-state index < -0.39 is 0 Å². The van der Waals surface area contributed by atoms with E-state index in [2.05, 4.69) is 9.97 Å². The van der Waals surface area contributed by atoms with Gasteiger partial charge in [-0.15, -0.1) is 11.8 Å². The van der Waals surface area contributed by atoms with Gasteiger partial charge in [-0.3, -0.25) is 14.7 Å². The molecule has 146 valence electrons. The molecule has 0 aliphatic heterocycles. The second kappa shape index (κ2) is 8.90. The minimum Gasteiger partial charge on any atom is -0.283 e. The molecule has 0 saturated carbocycles. The fraction of sp³-hybridized carbons (Fsp3) is 0.0952. The molecule has 0 saturated heterocycles. The smallest absolute Gasteiger partial charge is 0.239 e. The number of nitrogens with zero attached hydrogens (tertiary/aromatic N) is 3. The van der Waals surface area contributed by atoms with Gasteiger partial charge in [0.25, 0.3) is 0 Å². The molecule has 0 fully saturated rings. The van der Waals surface area contributed by atoms with Crippen LogP contribution in [-0.2, 0) is 11.3 Å². The van der Waals surface area contributed by atoms with Crippen molar-refractivity contribution in [1.82, 2.24) is 9.97 Å². The number of fused-ring (bicyclic) bond motifs is 1. The van der Waals surface area contributed by atoms with Gasteiger partial charge in [-0.05, 0) is 54.1 Å². The molecule has 0 aliphatic rings. The summed E-state index contributed by atoms with van der Waals surface area (Å²) in [5, 5.41) is 1.19. The van der Waals surface area contributed by atoms with Gasteiger partial charge in [-0.1, -0.05) is 29.0 Å². The number of thiazole rings is 1. The Morgan fingerprint density at radius 3 is 2.76 bits per heavy atom. The standard InChI is InChI=1S/C21H15ClFN3OS2/c22-15-3-6-17(7-4-15)28-13-20(27)26(12-14-2-1-9-24-11-14)21-25-18-8-5-16(23)10-19(18)29-21/h1-11H,12-13H2. The fourth-order valence-electron chi connectivity index (χ4n) is 2.69. The van der Waals surface area contributed by atoms with Gasteiger partial charge in [-0.2, -0.15) is 0 Å². The molecule has 0 radical (unpaired) electrons. The molecule has 2 aromatic heterocycles. The third kappa shape index (κ3) is 4.93. The second-order valence-electron chi connectivity index (χ2n) is 6.19. The van der Waals surface area contributed by atoms with Crippen LogP contribution in [0, 0.1) is 5.82 Å². The first-order valence-corrected chi connectivity index (χ1v) is 10.9. The third-order valence-electron chi connectivity index (χ3n) is 4.11. The van der Waals surface area contributed by atoms with Crippen LogP contribution in [-0.4, -0.2) is 21.6 Å². The van der Waals surface area contributed by atoms with E-state index >= 15 is 0 Å². The Morgan fingerprint density at radius 2 is 2.00 bits per heavy atom. The van der Waals surface area contributed by atoms with E-state index in [1.54, 1.807) is 35.5 Å². The van der Waals surface area contributed by atoms with Gasteiger partial charge in [0, 0.05) is 22.3 Å². The largest absolute Gasteiger partial charge is 0.283 e. The van der Waals surface area contributed by atoms with Crippen molar-refractivity contribution in [1.29, 1.82) is 0 Å². The number of anilines is 1. The first-order chi connectivity index (χ1) is 14.1. The molecule has 0 bridgehead atoms. The van der Waals surface area contributed by atoms with E-state index in [1.807, 2.05) is 24.3 Å². The summed E-state index contributed by atoms with van der Waals surface area (Å²) in [6.07, 6.45) is 3.41. The summed E-state index contributed by atoms with van der Waals surface area (Å²) in [5.41, 5.74) is 1.56. The molecule has 8 heteroatoms. The van der Waals surface area contributed by atoms with Crippen LogP contribution in [0.4, 0.5) is 9.52 Å². The summed E-state index contributed by atoms with van der Waals surface area (Å²) in [5.74, 6) is -0.170. The first-order valence-electron chi connectivity index (χ1n) is 8.72. The maximum atomic E-state index is 13.6. The first kappa shape index (κ1) is 19.8. The number of halogens is 2. The molecule has 4 rings (SSSR count). The lowest BCUT2D eigenvalue weighted by atomic mass is 10.2. The van der Waals surface area contributed by atoms with E-state index in [0.717, 1.165) is 10.5 Å². The highest BCUT2D eigenvalue weighted by atomic mass is 35.5. The number of aromatic nitrogens is 2. The van der Waals surface area contributed by atoms with Crippen LogP contribution in [0.3, 0.4) is 0 Å². The van der Waals surface area contributed by atoms with Crippen molar-refractivity contribution >= 4 is 56.0 Å². The summed E-state index contributed by atoms with van der Waals surface area (Å²) in [4.78, 5) is 24.3. The van der Waals surface area contributed by atoms with Gasteiger partial charge in [0.1, 0.15) is 5.82 Å². The molecular weight excluding hydrogens is 429 g/mol. The third-order valence-corrected chi connectivity index (χ3v) is 6.40. The highest BCUT2D eigenvalue weighted by molar-refractivity contribution is 8.00. The number of amides is 1. The zero-order valence-corrected chi connectivity index (χ0v) is 17.5. The highest BCUT2D eigenvalue weighted by Gasteiger charge is 2.21. The Hall–Kier alpha value is -2.48. The monoisotopic (exact) mass is 443 g/mol. The van der Waals surface area contributed by atoms with Gasteiger partial charge in [0.15, 0.2) is 5.13 Å². The van der Waals surface area contributed by atoms with Crippen LogP contribution in [0.2, 0.25) is 5.02 Å². The molecule has 0 unspecified atom stereocenters. The maximum Gasteiger partial charge on any atom is 0.239 e. The number of pyridine rings is 1. The Kier molecular flexibility index (Phi) is 6.08. The Balaban J connectivity index is 1.59. The Morgan fingerprint density at radius 1 is 1.17 bits per heavy atom. The number of thioether (sulfide) groups is 1. The van der Waals surface area contributed by atoms with Crippen LogP contribution >= 0.6 is 34.7 Å². The number of benzene rings is 2. The topological polar surface area (TPSA) is 46.1 Å². The van der Waals surface area contributed by atoms with Crippen LogP contribution < -0.4 is 4.90 Å². The van der Waals surface area contributed by atoms with Crippen molar-refractivity contribution in [2.24, 2.45) is 0 Å². The highest BCUT2D eigenvalue weighted by Crippen LogP contribution is 2.31. The number of hydrogen-bond donors (Lipinski definition) is 0. The lowest BCUT2D eigenvalue weighted by molar-refractivity contribution is -0.116. The molecule has 29 heavy (non-hydrogen) atoms. The van der Waals surface area contributed by atoms with Crippen LogP contribution in [0.25, 0.3) is 10.2 Å². The molecule has 0 spiro atoms. The van der Waals surface area contributed by atoms with Crippen molar-refractivity contribution in [3.8, 4) is 0 Å². The van der Waals surface area contributed by atoms with Gasteiger partial charge >= 0.3 is 0 Å². The normalized spacial score (nSPS) is 11.0. The average Bonchev–Trinajstić information content (AvgIpc) is 3.15. The predicted octanol–water partition coefficient (Wildman–Crippen LogP) is 5.81. The maximum absolute atomic E-state index is 13.6. The zero-order chi connectivity index (χ0) is 20.2. The van der Waals surface area contributed by atoms with E-state index in [-0.39, 0.29) is 17.5 Å². The van der Waals surface area contributed by atoms with Crippen molar-refractivity contribution in [2.75, 3.05) is 10.7 Å². The molecule has 2 aromatic carbocycles. The molecule has 4 nitrogen and oxygen atoms in total. The average molecular weight is 444 g/mol. The fourth-order valence-corrected chi connectivity index (χ4v) is 4.60. The molecule has 0 atom stereocenters. The minimum absolute atomic E-state index is 0.0895. The Bertz CT molecular complexity index is 1140. The van der Waals surface area contributed by atoms with E-state index in [4.69, 9.17) is 11.6 Å². The summed E-state index contributed by atoms with van der Waals surface area (Å²) >= 11 is 8.65. The number of hydrogen-bond acceptors (Lipinski definition) is 5. The lowest BCUT2D eigenvalue weighted by Crippen LogP contribution is -2.31. The molecule has 0 aliphatic carbocycles. The second-order valence-corrected chi connectivity index (χ2v) is 8.69. The van der Waals surface area contributed by atoms with E-state index in [0.29, 0.717) is 26.9 Å².